The number of fused-ring (bicyclic) bond motifs is 5. The summed E-state index contributed by atoms with van der Waals surface area (Å²) in [6.45, 7) is 0. The van der Waals surface area contributed by atoms with Gasteiger partial charge in [-0.25, -0.2) is 0 Å². The van der Waals surface area contributed by atoms with Crippen molar-refractivity contribution < 1.29 is 4.74 Å². The number of ether oxygens (including phenoxy) is 1. The SMILES string of the molecule is COc1ccc2c3c(nnc2c1)-c1cccc2cccc-3c12. The van der Waals surface area contributed by atoms with Crippen LogP contribution in [0.25, 0.3) is 44.1 Å². The number of methoxy groups -OCH3 is 1. The number of aromatic nitrogens is 2. The molecule has 104 valence electrons. The molecule has 0 aliphatic heterocycles. The van der Waals surface area contributed by atoms with Crippen LogP contribution in [0.5, 0.6) is 5.75 Å². The van der Waals surface area contributed by atoms with Crippen LogP contribution < -0.4 is 4.74 Å². The Bertz CT molecular complexity index is 1060. The van der Waals surface area contributed by atoms with Crippen molar-refractivity contribution in [2.24, 2.45) is 0 Å². The lowest BCUT2D eigenvalue weighted by Gasteiger charge is -2.07. The van der Waals surface area contributed by atoms with Crippen molar-refractivity contribution in [3.05, 3.63) is 54.6 Å². The predicted octanol–water partition coefficient (Wildman–Crippen LogP) is 4.44. The lowest BCUT2D eigenvalue weighted by atomic mass is 10.0. The van der Waals surface area contributed by atoms with Crippen LogP contribution in [0, 0.1) is 0 Å². The van der Waals surface area contributed by atoms with E-state index in [-0.39, 0.29) is 0 Å². The maximum Gasteiger partial charge on any atom is 0.121 e. The molecule has 0 fully saturated rings. The maximum atomic E-state index is 5.29. The Morgan fingerprint density at radius 2 is 1.68 bits per heavy atom. The van der Waals surface area contributed by atoms with E-state index in [1.54, 1.807) is 7.11 Å². The second-order valence-corrected chi connectivity index (χ2v) is 5.52. The summed E-state index contributed by atoms with van der Waals surface area (Å²) in [5, 5.41) is 12.5. The second-order valence-electron chi connectivity index (χ2n) is 5.52. The standard InChI is InChI=1S/C19H12N2O/c1-22-12-8-9-13-16(10-12)20-21-19-15-7-3-5-11-4-2-6-14(17(11)15)18(13)19/h2-10H,1H3. The summed E-state index contributed by atoms with van der Waals surface area (Å²) in [4.78, 5) is 0. The van der Waals surface area contributed by atoms with Gasteiger partial charge in [-0.1, -0.05) is 36.4 Å². The smallest absolute Gasteiger partial charge is 0.121 e. The Balaban J connectivity index is 1.97. The van der Waals surface area contributed by atoms with Gasteiger partial charge in [0.15, 0.2) is 0 Å². The van der Waals surface area contributed by atoms with E-state index in [2.05, 4.69) is 52.7 Å². The first kappa shape index (κ1) is 11.7. The third kappa shape index (κ3) is 1.35. The highest BCUT2D eigenvalue weighted by Crippen LogP contribution is 2.48. The quantitative estimate of drug-likeness (QED) is 0.456. The van der Waals surface area contributed by atoms with Gasteiger partial charge in [-0.15, -0.1) is 10.2 Å². The summed E-state index contributed by atoms with van der Waals surface area (Å²) in [6.07, 6.45) is 0. The molecule has 0 saturated carbocycles. The lowest BCUT2D eigenvalue weighted by Crippen LogP contribution is -1.91. The van der Waals surface area contributed by atoms with Crippen molar-refractivity contribution in [1.29, 1.82) is 0 Å². The molecule has 0 atom stereocenters. The minimum atomic E-state index is 0.801. The first-order chi connectivity index (χ1) is 10.9. The van der Waals surface area contributed by atoms with Gasteiger partial charge in [-0.2, -0.15) is 0 Å². The summed E-state index contributed by atoms with van der Waals surface area (Å²) in [5.41, 5.74) is 5.44. The average Bonchev–Trinajstić information content (AvgIpc) is 2.91. The van der Waals surface area contributed by atoms with E-state index in [0.717, 1.165) is 22.3 Å². The highest BCUT2D eigenvalue weighted by atomic mass is 16.5. The lowest BCUT2D eigenvalue weighted by molar-refractivity contribution is 0.415. The molecule has 1 aliphatic rings. The monoisotopic (exact) mass is 284 g/mol. The van der Waals surface area contributed by atoms with Gasteiger partial charge in [0.05, 0.1) is 12.6 Å². The van der Waals surface area contributed by atoms with Crippen molar-refractivity contribution in [1.82, 2.24) is 10.2 Å². The van der Waals surface area contributed by atoms with E-state index in [9.17, 15) is 0 Å². The fraction of sp³-hybridized carbons (Fsp3) is 0.0526. The Labute approximate surface area is 127 Å². The average molecular weight is 284 g/mol. The summed E-state index contributed by atoms with van der Waals surface area (Å²) in [7, 11) is 1.67. The van der Waals surface area contributed by atoms with Gasteiger partial charge in [-0.05, 0) is 28.5 Å². The van der Waals surface area contributed by atoms with E-state index < -0.39 is 0 Å². The number of nitrogens with zero attached hydrogens (tertiary/aromatic N) is 2. The summed E-state index contributed by atoms with van der Waals surface area (Å²) >= 11 is 0. The summed E-state index contributed by atoms with van der Waals surface area (Å²) in [6, 6.07) is 18.8. The Hall–Kier alpha value is -2.94. The number of benzene rings is 3. The Morgan fingerprint density at radius 3 is 2.50 bits per heavy atom. The molecular weight excluding hydrogens is 272 g/mol. The van der Waals surface area contributed by atoms with Crippen molar-refractivity contribution in [2.75, 3.05) is 7.11 Å². The minimum Gasteiger partial charge on any atom is -0.497 e. The zero-order valence-electron chi connectivity index (χ0n) is 12.0. The fourth-order valence-corrected chi connectivity index (χ4v) is 3.42. The summed E-state index contributed by atoms with van der Waals surface area (Å²) in [5.74, 6) is 0.801. The molecule has 5 rings (SSSR count). The molecule has 3 heteroatoms. The zero-order valence-corrected chi connectivity index (χ0v) is 12.0. The zero-order chi connectivity index (χ0) is 14.7. The minimum absolute atomic E-state index is 0.801. The predicted molar refractivity (Wildman–Crippen MR) is 88.0 cm³/mol. The molecule has 0 N–H and O–H groups in total. The van der Waals surface area contributed by atoms with Crippen LogP contribution >= 0.6 is 0 Å². The largest absolute Gasteiger partial charge is 0.497 e. The molecule has 3 aromatic carbocycles. The molecule has 0 saturated heterocycles. The van der Waals surface area contributed by atoms with Crippen LogP contribution in [0.1, 0.15) is 0 Å². The molecule has 4 aromatic rings. The topological polar surface area (TPSA) is 35.0 Å². The highest BCUT2D eigenvalue weighted by Gasteiger charge is 2.25. The van der Waals surface area contributed by atoms with Gasteiger partial charge in [0.25, 0.3) is 0 Å². The molecule has 1 aliphatic carbocycles. The number of hydrogen-bond donors (Lipinski definition) is 0. The van der Waals surface area contributed by atoms with Crippen LogP contribution in [-0.2, 0) is 0 Å². The molecule has 22 heavy (non-hydrogen) atoms. The van der Waals surface area contributed by atoms with Gasteiger partial charge in [0, 0.05) is 22.6 Å². The fourth-order valence-electron chi connectivity index (χ4n) is 3.42. The molecular formula is C19H12N2O. The summed E-state index contributed by atoms with van der Waals surface area (Å²) < 4.78 is 5.29. The van der Waals surface area contributed by atoms with E-state index >= 15 is 0 Å². The highest BCUT2D eigenvalue weighted by molar-refractivity contribution is 6.19. The van der Waals surface area contributed by atoms with Gasteiger partial charge in [0.2, 0.25) is 0 Å². The first-order valence-electron chi connectivity index (χ1n) is 7.24. The molecule has 0 bridgehead atoms. The van der Waals surface area contributed by atoms with E-state index in [1.165, 1.54) is 27.5 Å². The third-order valence-electron chi connectivity index (χ3n) is 4.40. The molecule has 1 heterocycles. The normalized spacial score (nSPS) is 11.9. The molecule has 3 nitrogen and oxygen atoms in total. The van der Waals surface area contributed by atoms with Crippen molar-refractivity contribution in [3.8, 4) is 28.1 Å². The van der Waals surface area contributed by atoms with Crippen LogP contribution in [0.3, 0.4) is 0 Å². The van der Waals surface area contributed by atoms with Crippen molar-refractivity contribution >= 4 is 21.7 Å². The van der Waals surface area contributed by atoms with E-state index in [4.69, 9.17) is 4.74 Å². The second kappa shape index (κ2) is 4.04. The van der Waals surface area contributed by atoms with E-state index in [1.807, 2.05) is 12.1 Å². The van der Waals surface area contributed by atoms with Gasteiger partial charge in [0.1, 0.15) is 11.4 Å². The third-order valence-corrected chi connectivity index (χ3v) is 4.40. The number of hydrogen-bond acceptors (Lipinski definition) is 3. The van der Waals surface area contributed by atoms with Gasteiger partial charge in [-0.3, -0.25) is 0 Å². The first-order valence-corrected chi connectivity index (χ1v) is 7.24. The number of rotatable bonds is 1. The van der Waals surface area contributed by atoms with Crippen LogP contribution in [0.15, 0.2) is 54.6 Å². The molecule has 1 aromatic heterocycles. The Kier molecular flexibility index (Phi) is 2.15. The molecule has 0 radical (unpaired) electrons. The van der Waals surface area contributed by atoms with Crippen molar-refractivity contribution in [2.45, 2.75) is 0 Å². The molecule has 0 amide bonds. The van der Waals surface area contributed by atoms with Gasteiger partial charge >= 0.3 is 0 Å². The van der Waals surface area contributed by atoms with E-state index in [0.29, 0.717) is 0 Å². The van der Waals surface area contributed by atoms with Crippen LogP contribution in [0.4, 0.5) is 0 Å². The van der Waals surface area contributed by atoms with Crippen LogP contribution in [0.2, 0.25) is 0 Å². The van der Waals surface area contributed by atoms with Gasteiger partial charge < -0.3 is 4.74 Å². The maximum absolute atomic E-state index is 5.29. The molecule has 0 spiro atoms. The van der Waals surface area contributed by atoms with Crippen molar-refractivity contribution in [3.63, 3.8) is 0 Å². The van der Waals surface area contributed by atoms with Crippen LogP contribution in [-0.4, -0.2) is 17.3 Å². The Morgan fingerprint density at radius 1 is 0.864 bits per heavy atom. The molecule has 0 unspecified atom stereocenters.